The van der Waals surface area contributed by atoms with Gasteiger partial charge in [-0.05, 0) is 42.7 Å². The number of amides is 2. The number of hydrogen-bond acceptors (Lipinski definition) is 4. The summed E-state index contributed by atoms with van der Waals surface area (Å²) < 4.78 is 26.7. The number of likely N-dealkylation sites (N-methyl/N-ethyl adjacent to an activating group) is 1. The van der Waals surface area contributed by atoms with E-state index in [9.17, 15) is 18.0 Å². The number of anilines is 1. The Hall–Kier alpha value is -3.36. The maximum absolute atomic E-state index is 13.9. The highest BCUT2D eigenvalue weighted by atomic mass is 35.5. The van der Waals surface area contributed by atoms with E-state index < -0.39 is 28.5 Å². The summed E-state index contributed by atoms with van der Waals surface area (Å²) in [6.45, 7) is 3.37. The highest BCUT2D eigenvalue weighted by Crippen LogP contribution is 2.27. The summed E-state index contributed by atoms with van der Waals surface area (Å²) in [6.07, 6.45) is 1.32. The normalized spacial score (nSPS) is 12.0. The second-order valence-electron chi connectivity index (χ2n) is 9.03. The lowest BCUT2D eigenvalue weighted by molar-refractivity contribution is -0.139. The monoisotopic (exact) mass is 541 g/mol. The minimum atomic E-state index is -3.85. The van der Waals surface area contributed by atoms with Crippen molar-refractivity contribution in [3.05, 3.63) is 100 Å². The maximum atomic E-state index is 13.9. The van der Waals surface area contributed by atoms with E-state index in [4.69, 9.17) is 11.6 Å². The summed E-state index contributed by atoms with van der Waals surface area (Å²) in [7, 11) is -2.33. The Balaban J connectivity index is 2.04. The molecular formula is C28H32ClN3O4S. The smallest absolute Gasteiger partial charge is 0.244 e. The average Bonchev–Trinajstić information content (AvgIpc) is 2.86. The molecule has 2 amide bonds. The SMILES string of the molecule is CNC(=O)[C@@H](Cc1ccccc1)N(Cc1ccc(C)cc1)C(=O)CN(c1cc(Cl)ccc1C)S(C)(=O)=O. The summed E-state index contributed by atoms with van der Waals surface area (Å²) in [4.78, 5) is 28.5. The van der Waals surface area contributed by atoms with E-state index in [0.29, 0.717) is 16.3 Å². The fourth-order valence-corrected chi connectivity index (χ4v) is 5.12. The zero-order chi connectivity index (χ0) is 27.2. The van der Waals surface area contributed by atoms with Crippen LogP contribution < -0.4 is 9.62 Å². The Morgan fingerprint density at radius 1 is 0.946 bits per heavy atom. The average molecular weight is 542 g/mol. The number of nitrogens with one attached hydrogen (secondary N) is 1. The van der Waals surface area contributed by atoms with Crippen LogP contribution >= 0.6 is 11.6 Å². The van der Waals surface area contributed by atoms with E-state index >= 15 is 0 Å². The van der Waals surface area contributed by atoms with Crippen molar-refractivity contribution in [1.82, 2.24) is 10.2 Å². The summed E-state index contributed by atoms with van der Waals surface area (Å²) in [5.74, 6) is -0.843. The first kappa shape index (κ1) is 28.2. The Bertz CT molecular complexity index is 1350. The number of nitrogens with zero attached hydrogens (tertiary/aromatic N) is 2. The standard InChI is InChI=1S/C28H32ClN3O4S/c1-20-10-13-23(14-11-20)18-31(26(28(34)30-3)16-22-8-6-5-7-9-22)27(33)19-32(37(4,35)36)25-17-24(29)15-12-21(25)2/h5-15,17,26H,16,18-19H2,1-4H3,(H,30,34)/t26-/m1/s1. The van der Waals surface area contributed by atoms with Crippen LogP contribution in [-0.2, 0) is 32.6 Å². The lowest BCUT2D eigenvalue weighted by Crippen LogP contribution is -2.53. The maximum Gasteiger partial charge on any atom is 0.244 e. The molecule has 0 heterocycles. The van der Waals surface area contributed by atoms with Crippen LogP contribution in [0.5, 0.6) is 0 Å². The molecule has 196 valence electrons. The third-order valence-corrected chi connectivity index (χ3v) is 7.47. The van der Waals surface area contributed by atoms with Crippen molar-refractivity contribution in [3.8, 4) is 0 Å². The molecule has 3 aromatic carbocycles. The molecule has 0 aromatic heterocycles. The van der Waals surface area contributed by atoms with Gasteiger partial charge >= 0.3 is 0 Å². The third-order valence-electron chi connectivity index (χ3n) is 6.11. The van der Waals surface area contributed by atoms with Gasteiger partial charge in [-0.2, -0.15) is 0 Å². The van der Waals surface area contributed by atoms with Gasteiger partial charge in [0.2, 0.25) is 21.8 Å². The number of carbonyl (C=O) groups is 2. The molecule has 9 heteroatoms. The fourth-order valence-electron chi connectivity index (χ4n) is 4.06. The van der Waals surface area contributed by atoms with Gasteiger partial charge in [0.1, 0.15) is 12.6 Å². The highest BCUT2D eigenvalue weighted by Gasteiger charge is 2.33. The van der Waals surface area contributed by atoms with Crippen LogP contribution in [0.25, 0.3) is 0 Å². The Morgan fingerprint density at radius 3 is 2.19 bits per heavy atom. The predicted octanol–water partition coefficient (Wildman–Crippen LogP) is 4.11. The van der Waals surface area contributed by atoms with Crippen molar-refractivity contribution in [1.29, 1.82) is 0 Å². The molecule has 7 nitrogen and oxygen atoms in total. The number of benzene rings is 3. The molecule has 0 aliphatic carbocycles. The van der Waals surface area contributed by atoms with Crippen LogP contribution in [0.1, 0.15) is 22.3 Å². The number of rotatable bonds is 10. The van der Waals surface area contributed by atoms with Crippen molar-refractivity contribution in [2.24, 2.45) is 0 Å². The molecule has 0 saturated heterocycles. The summed E-state index contributed by atoms with van der Waals surface area (Å²) in [6, 6.07) is 21.1. The summed E-state index contributed by atoms with van der Waals surface area (Å²) in [5.41, 5.74) is 3.74. The zero-order valence-corrected chi connectivity index (χ0v) is 23.0. The van der Waals surface area contributed by atoms with Gasteiger partial charge in [-0.25, -0.2) is 8.42 Å². The molecule has 0 bridgehead atoms. The highest BCUT2D eigenvalue weighted by molar-refractivity contribution is 7.92. The Morgan fingerprint density at radius 2 is 1.59 bits per heavy atom. The number of carbonyl (C=O) groups excluding carboxylic acids is 2. The molecule has 3 aromatic rings. The number of halogens is 1. The molecule has 0 aliphatic heterocycles. The molecule has 0 unspecified atom stereocenters. The molecular weight excluding hydrogens is 510 g/mol. The van der Waals surface area contributed by atoms with Crippen molar-refractivity contribution in [2.45, 2.75) is 32.9 Å². The van der Waals surface area contributed by atoms with Crippen molar-refractivity contribution >= 4 is 39.1 Å². The summed E-state index contributed by atoms with van der Waals surface area (Å²) in [5, 5.41) is 3.02. The second kappa shape index (κ2) is 12.3. The van der Waals surface area contributed by atoms with Crippen molar-refractivity contribution in [2.75, 3.05) is 24.2 Å². The minimum absolute atomic E-state index is 0.135. The first-order chi connectivity index (χ1) is 17.5. The van der Waals surface area contributed by atoms with E-state index in [1.807, 2.05) is 61.5 Å². The van der Waals surface area contributed by atoms with Crippen LogP contribution in [0.2, 0.25) is 5.02 Å². The lowest BCUT2D eigenvalue weighted by atomic mass is 10.0. The minimum Gasteiger partial charge on any atom is -0.357 e. The number of aryl methyl sites for hydroxylation is 2. The van der Waals surface area contributed by atoms with Crippen LogP contribution in [0, 0.1) is 13.8 Å². The van der Waals surface area contributed by atoms with E-state index in [1.54, 1.807) is 19.1 Å². The van der Waals surface area contributed by atoms with Gasteiger partial charge < -0.3 is 10.2 Å². The van der Waals surface area contributed by atoms with E-state index in [0.717, 1.165) is 27.3 Å². The fraction of sp³-hybridized carbons (Fsp3) is 0.286. The second-order valence-corrected chi connectivity index (χ2v) is 11.4. The number of sulfonamides is 1. The van der Waals surface area contributed by atoms with Crippen LogP contribution in [-0.4, -0.2) is 51.0 Å². The molecule has 0 aliphatic rings. The quantitative estimate of drug-likeness (QED) is 0.418. The van der Waals surface area contributed by atoms with Gasteiger partial charge in [0.25, 0.3) is 0 Å². The molecule has 0 fully saturated rings. The van der Waals surface area contributed by atoms with E-state index in [2.05, 4.69) is 5.32 Å². The van der Waals surface area contributed by atoms with Gasteiger partial charge in [0.15, 0.2) is 0 Å². The molecule has 1 atom stereocenters. The zero-order valence-electron chi connectivity index (χ0n) is 21.4. The largest absolute Gasteiger partial charge is 0.357 e. The number of hydrogen-bond donors (Lipinski definition) is 1. The van der Waals surface area contributed by atoms with Gasteiger partial charge in [-0.3, -0.25) is 13.9 Å². The molecule has 0 radical (unpaired) electrons. The van der Waals surface area contributed by atoms with Gasteiger partial charge in [0, 0.05) is 25.0 Å². The Kier molecular flexibility index (Phi) is 9.34. The lowest BCUT2D eigenvalue weighted by Gasteiger charge is -2.33. The summed E-state index contributed by atoms with van der Waals surface area (Å²) >= 11 is 6.16. The van der Waals surface area contributed by atoms with Crippen LogP contribution in [0.3, 0.4) is 0 Å². The van der Waals surface area contributed by atoms with E-state index in [1.165, 1.54) is 18.0 Å². The van der Waals surface area contributed by atoms with Crippen molar-refractivity contribution in [3.63, 3.8) is 0 Å². The van der Waals surface area contributed by atoms with Crippen LogP contribution in [0.15, 0.2) is 72.8 Å². The third kappa shape index (κ3) is 7.57. The molecule has 37 heavy (non-hydrogen) atoms. The molecule has 0 saturated carbocycles. The van der Waals surface area contributed by atoms with Gasteiger partial charge in [-0.1, -0.05) is 77.8 Å². The first-order valence-corrected chi connectivity index (χ1v) is 14.1. The molecule has 3 rings (SSSR count). The van der Waals surface area contributed by atoms with Gasteiger partial charge in [-0.15, -0.1) is 0 Å². The molecule has 1 N–H and O–H groups in total. The van der Waals surface area contributed by atoms with Crippen molar-refractivity contribution < 1.29 is 18.0 Å². The molecule has 0 spiro atoms. The van der Waals surface area contributed by atoms with Crippen LogP contribution in [0.4, 0.5) is 5.69 Å². The van der Waals surface area contributed by atoms with E-state index in [-0.39, 0.29) is 18.9 Å². The van der Waals surface area contributed by atoms with Gasteiger partial charge in [0.05, 0.1) is 11.9 Å². The topological polar surface area (TPSA) is 86.8 Å². The predicted molar refractivity (Wildman–Crippen MR) is 148 cm³/mol. The Labute approximate surface area is 224 Å². The first-order valence-electron chi connectivity index (χ1n) is 11.8.